The monoisotopic (exact) mass is 480 g/mol. The second kappa shape index (κ2) is 8.98. The van der Waals surface area contributed by atoms with Gasteiger partial charge in [-0.25, -0.2) is 9.97 Å². The molecule has 35 heavy (non-hydrogen) atoms. The number of nitrogens with one attached hydrogen (secondary N) is 1. The molecule has 5 heterocycles. The van der Waals surface area contributed by atoms with Gasteiger partial charge in [0.25, 0.3) is 0 Å². The van der Waals surface area contributed by atoms with Crippen molar-refractivity contribution in [3.63, 3.8) is 0 Å². The van der Waals surface area contributed by atoms with Crippen LogP contribution in [0, 0.1) is 0 Å². The molecule has 3 aromatic heterocycles. The van der Waals surface area contributed by atoms with Crippen LogP contribution >= 0.6 is 0 Å². The Morgan fingerprint density at radius 2 is 2.17 bits per heavy atom. The lowest BCUT2D eigenvalue weighted by atomic mass is 9.87. The molecule has 1 amide bonds. The SMILES string of the molecule is CC(=O)Nc1cc2c(-c3cc(COCC(C)(C)O)c4c(n3)C3(CCOC3)OCC4)cn(C)c2cn1. The molecule has 2 N–H and O–H groups in total. The van der Waals surface area contributed by atoms with Crippen LogP contribution in [0.3, 0.4) is 0 Å². The van der Waals surface area contributed by atoms with Crippen LogP contribution in [-0.2, 0) is 44.7 Å². The van der Waals surface area contributed by atoms with Crippen LogP contribution in [0.4, 0.5) is 5.82 Å². The Hall–Kier alpha value is -2.85. The van der Waals surface area contributed by atoms with Gasteiger partial charge in [0.2, 0.25) is 5.91 Å². The van der Waals surface area contributed by atoms with Crippen LogP contribution < -0.4 is 5.32 Å². The van der Waals surface area contributed by atoms with E-state index in [-0.39, 0.29) is 12.5 Å². The molecule has 1 fully saturated rings. The molecule has 1 spiro atoms. The van der Waals surface area contributed by atoms with Crippen LogP contribution in [0.1, 0.15) is 44.0 Å². The topological polar surface area (TPSA) is 108 Å². The van der Waals surface area contributed by atoms with Crippen LogP contribution in [0.15, 0.2) is 24.5 Å². The first-order valence-corrected chi connectivity index (χ1v) is 11.9. The van der Waals surface area contributed by atoms with E-state index in [4.69, 9.17) is 19.2 Å². The third-order valence-corrected chi connectivity index (χ3v) is 6.53. The standard InChI is InChI=1S/C26H32N4O5/c1-16(31)28-23-10-19-20(12-30(4)22(19)11-27-23)21-9-17(13-34-14-25(2,3)32)18-5-7-35-26(24(18)29-21)6-8-33-15-26/h9-12,32H,5-8,13-15H2,1-4H3,(H,27,28,31). The second-order valence-electron chi connectivity index (χ2n) is 10.1. The van der Waals surface area contributed by atoms with E-state index in [1.165, 1.54) is 6.92 Å². The van der Waals surface area contributed by atoms with Crippen molar-refractivity contribution in [1.82, 2.24) is 14.5 Å². The van der Waals surface area contributed by atoms with Crippen LogP contribution in [0.25, 0.3) is 22.2 Å². The van der Waals surface area contributed by atoms with Gasteiger partial charge in [0.05, 0.1) is 55.1 Å². The molecule has 0 aromatic carbocycles. The van der Waals surface area contributed by atoms with E-state index >= 15 is 0 Å². The highest BCUT2D eigenvalue weighted by Crippen LogP contribution is 2.42. The molecular formula is C26H32N4O5. The number of carbonyl (C=O) groups excluding carboxylic acids is 1. The van der Waals surface area contributed by atoms with E-state index in [0.29, 0.717) is 32.2 Å². The van der Waals surface area contributed by atoms with Crippen molar-refractivity contribution in [3.05, 3.63) is 41.3 Å². The maximum absolute atomic E-state index is 11.6. The minimum atomic E-state index is -0.914. The summed E-state index contributed by atoms with van der Waals surface area (Å²) in [7, 11) is 1.97. The van der Waals surface area contributed by atoms with Gasteiger partial charge in [0, 0.05) is 44.1 Å². The Bertz CT molecular complexity index is 1270. The predicted octanol–water partition coefficient (Wildman–Crippen LogP) is 3.07. The fourth-order valence-electron chi connectivity index (χ4n) is 4.95. The fraction of sp³-hybridized carbons (Fsp3) is 0.500. The molecule has 1 atom stereocenters. The number of nitrogens with zero attached hydrogens (tertiary/aromatic N) is 3. The van der Waals surface area contributed by atoms with Crippen molar-refractivity contribution in [2.45, 2.75) is 51.4 Å². The number of carbonyl (C=O) groups is 1. The van der Waals surface area contributed by atoms with Gasteiger partial charge in [-0.15, -0.1) is 0 Å². The zero-order valence-corrected chi connectivity index (χ0v) is 20.7. The lowest BCUT2D eigenvalue weighted by Crippen LogP contribution is -2.38. The van der Waals surface area contributed by atoms with Gasteiger partial charge in [0.15, 0.2) is 0 Å². The van der Waals surface area contributed by atoms with Gasteiger partial charge in [0.1, 0.15) is 11.4 Å². The molecule has 1 unspecified atom stereocenters. The van der Waals surface area contributed by atoms with Crippen molar-refractivity contribution in [2.75, 3.05) is 31.7 Å². The number of aromatic nitrogens is 3. The predicted molar refractivity (Wildman–Crippen MR) is 131 cm³/mol. The number of rotatable bonds is 6. The van der Waals surface area contributed by atoms with Crippen molar-refractivity contribution >= 4 is 22.6 Å². The van der Waals surface area contributed by atoms with E-state index in [1.807, 2.05) is 23.9 Å². The number of hydrogen-bond donors (Lipinski definition) is 2. The minimum Gasteiger partial charge on any atom is -0.388 e. The maximum atomic E-state index is 11.6. The Morgan fingerprint density at radius 3 is 2.89 bits per heavy atom. The number of aryl methyl sites for hydroxylation is 1. The Balaban J connectivity index is 1.64. The van der Waals surface area contributed by atoms with Gasteiger partial charge in [-0.2, -0.15) is 0 Å². The van der Waals surface area contributed by atoms with E-state index in [2.05, 4.69) is 16.4 Å². The van der Waals surface area contributed by atoms with E-state index in [0.717, 1.165) is 51.8 Å². The highest BCUT2D eigenvalue weighted by molar-refractivity contribution is 5.98. The highest BCUT2D eigenvalue weighted by Gasteiger charge is 2.44. The van der Waals surface area contributed by atoms with Crippen LogP contribution in [0.2, 0.25) is 0 Å². The number of hydrogen-bond acceptors (Lipinski definition) is 7. The first-order valence-electron chi connectivity index (χ1n) is 11.9. The zero-order chi connectivity index (χ0) is 24.8. The second-order valence-corrected chi connectivity index (χ2v) is 10.1. The number of pyridine rings is 2. The summed E-state index contributed by atoms with van der Waals surface area (Å²) < 4.78 is 20.0. The van der Waals surface area contributed by atoms with Crippen molar-refractivity contribution in [2.24, 2.45) is 7.05 Å². The van der Waals surface area contributed by atoms with Gasteiger partial charge in [-0.1, -0.05) is 0 Å². The molecule has 0 bridgehead atoms. The van der Waals surface area contributed by atoms with Gasteiger partial charge < -0.3 is 29.2 Å². The summed E-state index contributed by atoms with van der Waals surface area (Å²) >= 11 is 0. The molecule has 0 aliphatic carbocycles. The number of fused-ring (bicyclic) bond motifs is 3. The lowest BCUT2D eigenvalue weighted by Gasteiger charge is -2.35. The number of anilines is 1. The summed E-state index contributed by atoms with van der Waals surface area (Å²) in [6, 6.07) is 3.95. The maximum Gasteiger partial charge on any atom is 0.222 e. The molecule has 0 saturated carbocycles. The summed E-state index contributed by atoms with van der Waals surface area (Å²) in [5.41, 5.74) is 4.29. The summed E-state index contributed by atoms with van der Waals surface area (Å²) in [6.45, 7) is 7.24. The number of ether oxygens (including phenoxy) is 3. The van der Waals surface area contributed by atoms with Gasteiger partial charge >= 0.3 is 0 Å². The fourth-order valence-corrected chi connectivity index (χ4v) is 4.95. The molecule has 186 valence electrons. The average molecular weight is 481 g/mol. The average Bonchev–Trinajstić information content (AvgIpc) is 3.38. The van der Waals surface area contributed by atoms with E-state index < -0.39 is 11.2 Å². The molecule has 0 radical (unpaired) electrons. The Kier molecular flexibility index (Phi) is 6.13. The third-order valence-electron chi connectivity index (χ3n) is 6.53. The van der Waals surface area contributed by atoms with E-state index in [1.54, 1.807) is 20.0 Å². The quantitative estimate of drug-likeness (QED) is 0.558. The van der Waals surface area contributed by atoms with Gasteiger partial charge in [-0.3, -0.25) is 4.79 Å². The molecule has 9 nitrogen and oxygen atoms in total. The lowest BCUT2D eigenvalue weighted by molar-refractivity contribution is -0.114. The van der Waals surface area contributed by atoms with E-state index in [9.17, 15) is 9.90 Å². The third kappa shape index (κ3) is 4.69. The largest absolute Gasteiger partial charge is 0.388 e. The zero-order valence-electron chi connectivity index (χ0n) is 20.7. The molecule has 9 heteroatoms. The Morgan fingerprint density at radius 1 is 1.34 bits per heavy atom. The van der Waals surface area contributed by atoms with Crippen molar-refractivity contribution in [3.8, 4) is 11.3 Å². The highest BCUT2D eigenvalue weighted by atomic mass is 16.6. The summed E-state index contributed by atoms with van der Waals surface area (Å²) in [5, 5.41) is 13.8. The molecular weight excluding hydrogens is 448 g/mol. The molecule has 3 aromatic rings. The summed E-state index contributed by atoms with van der Waals surface area (Å²) in [5.74, 6) is 0.320. The van der Waals surface area contributed by atoms with Crippen molar-refractivity contribution < 1.29 is 24.1 Å². The van der Waals surface area contributed by atoms with Crippen LogP contribution in [0.5, 0.6) is 0 Å². The minimum absolute atomic E-state index is 0.173. The first kappa shape index (κ1) is 23.9. The number of aliphatic hydroxyl groups is 1. The number of amides is 1. The van der Waals surface area contributed by atoms with Crippen molar-refractivity contribution in [1.29, 1.82) is 0 Å². The van der Waals surface area contributed by atoms with Crippen LogP contribution in [-0.4, -0.2) is 57.6 Å². The molecule has 5 rings (SSSR count). The normalized spacial score (nSPS) is 19.9. The first-order chi connectivity index (χ1) is 16.7. The molecule has 1 saturated heterocycles. The summed E-state index contributed by atoms with van der Waals surface area (Å²) in [4.78, 5) is 21.1. The molecule has 2 aliphatic rings. The smallest absolute Gasteiger partial charge is 0.222 e. The Labute approximate surface area is 204 Å². The molecule has 2 aliphatic heterocycles. The van der Waals surface area contributed by atoms with Gasteiger partial charge in [-0.05, 0) is 43.5 Å². The summed E-state index contributed by atoms with van der Waals surface area (Å²) in [6.07, 6.45) is 5.29.